The highest BCUT2D eigenvalue weighted by atomic mass is 32.2. The second-order valence-corrected chi connectivity index (χ2v) is 9.05. The number of rotatable bonds is 4. The molecule has 130 valence electrons. The van der Waals surface area contributed by atoms with Crippen molar-refractivity contribution in [3.05, 3.63) is 5.82 Å². The molecule has 0 unspecified atom stereocenters. The molecule has 2 N–H and O–H groups in total. The Balaban J connectivity index is 1.60. The van der Waals surface area contributed by atoms with Crippen molar-refractivity contribution in [1.29, 1.82) is 0 Å². The second-order valence-electron chi connectivity index (χ2n) is 7.04. The molecule has 3 rings (SSSR count). The summed E-state index contributed by atoms with van der Waals surface area (Å²) in [5.74, 6) is 2.24. The summed E-state index contributed by atoms with van der Waals surface area (Å²) in [7, 11) is -3.15. The van der Waals surface area contributed by atoms with Crippen molar-refractivity contribution in [2.24, 2.45) is 11.8 Å². The van der Waals surface area contributed by atoms with Gasteiger partial charge in [-0.05, 0) is 38.0 Å². The van der Waals surface area contributed by atoms with Gasteiger partial charge in [0.1, 0.15) is 5.82 Å². The van der Waals surface area contributed by atoms with Gasteiger partial charge in [0.15, 0.2) is 0 Å². The van der Waals surface area contributed by atoms with E-state index in [1.807, 2.05) is 6.92 Å². The van der Waals surface area contributed by atoms with E-state index in [-0.39, 0.29) is 6.04 Å². The zero-order valence-electron chi connectivity index (χ0n) is 14.0. The number of nitrogens with two attached hydrogens (primary N) is 1. The van der Waals surface area contributed by atoms with Crippen molar-refractivity contribution in [3.8, 4) is 0 Å². The molecule has 1 saturated heterocycles. The van der Waals surface area contributed by atoms with Crippen LogP contribution in [-0.2, 0) is 10.0 Å². The highest BCUT2D eigenvalue weighted by Gasteiger charge is 2.34. The Morgan fingerprint density at radius 1 is 1.22 bits per heavy atom. The highest BCUT2D eigenvalue weighted by Crippen LogP contribution is 2.33. The zero-order chi connectivity index (χ0) is 16.6. The Kier molecular flexibility index (Phi) is 4.64. The Hall–Kier alpha value is -1.15. The van der Waals surface area contributed by atoms with Crippen molar-refractivity contribution in [2.75, 3.05) is 24.6 Å². The number of nitrogen functional groups attached to an aromatic ring is 1. The van der Waals surface area contributed by atoms with E-state index >= 15 is 0 Å². The molecule has 8 heteroatoms. The molecular formula is C15H27N5O2S. The summed E-state index contributed by atoms with van der Waals surface area (Å²) in [6.07, 6.45) is 4.85. The molecule has 2 heterocycles. The van der Waals surface area contributed by atoms with Gasteiger partial charge in [-0.25, -0.2) is 17.4 Å². The fourth-order valence-corrected chi connectivity index (χ4v) is 5.94. The molecule has 1 saturated carbocycles. The predicted molar refractivity (Wildman–Crippen MR) is 89.3 cm³/mol. The van der Waals surface area contributed by atoms with Gasteiger partial charge >= 0.3 is 0 Å². The summed E-state index contributed by atoms with van der Waals surface area (Å²) in [6.45, 7) is 5.09. The predicted octanol–water partition coefficient (Wildman–Crippen LogP) is 1.57. The van der Waals surface area contributed by atoms with Gasteiger partial charge in [0, 0.05) is 13.1 Å². The lowest BCUT2D eigenvalue weighted by Gasteiger charge is -2.32. The number of piperidine rings is 1. The van der Waals surface area contributed by atoms with Crippen LogP contribution in [0.15, 0.2) is 0 Å². The van der Waals surface area contributed by atoms with E-state index in [0.29, 0.717) is 42.5 Å². The molecule has 23 heavy (non-hydrogen) atoms. The van der Waals surface area contributed by atoms with Crippen LogP contribution in [0.4, 0.5) is 5.95 Å². The number of aromatic nitrogens is 3. The lowest BCUT2D eigenvalue weighted by Crippen LogP contribution is -2.42. The van der Waals surface area contributed by atoms with Crippen LogP contribution in [-0.4, -0.2) is 46.3 Å². The van der Waals surface area contributed by atoms with E-state index in [0.717, 1.165) is 32.1 Å². The first-order valence-electron chi connectivity index (χ1n) is 8.53. The standard InChI is InChI=1S/C15H27N5O2S/c1-11-4-3-5-13(11)10-23(21,22)19-8-6-14(7-9-19)20-15(16)17-12(2)18-20/h11,13-14H,3-10H2,1-2H3,(H2,16,17,18)/t11-,13+/m1/s1. The Bertz CT molecular complexity index is 649. The van der Waals surface area contributed by atoms with E-state index in [1.54, 1.807) is 8.99 Å². The van der Waals surface area contributed by atoms with Gasteiger partial charge in [0.2, 0.25) is 16.0 Å². The largest absolute Gasteiger partial charge is 0.368 e. The molecule has 7 nitrogen and oxygen atoms in total. The van der Waals surface area contributed by atoms with E-state index in [1.165, 1.54) is 0 Å². The lowest BCUT2D eigenvalue weighted by molar-refractivity contribution is 0.260. The fraction of sp³-hybridized carbons (Fsp3) is 0.867. The molecule has 0 radical (unpaired) electrons. The van der Waals surface area contributed by atoms with E-state index in [9.17, 15) is 8.42 Å². The number of hydrogen-bond acceptors (Lipinski definition) is 5. The molecule has 1 aliphatic carbocycles. The molecule has 2 atom stereocenters. The van der Waals surface area contributed by atoms with Crippen LogP contribution < -0.4 is 5.73 Å². The minimum atomic E-state index is -3.15. The van der Waals surface area contributed by atoms with E-state index in [4.69, 9.17) is 5.73 Å². The van der Waals surface area contributed by atoms with Crippen molar-refractivity contribution in [3.63, 3.8) is 0 Å². The van der Waals surface area contributed by atoms with Gasteiger partial charge < -0.3 is 5.73 Å². The first-order valence-corrected chi connectivity index (χ1v) is 10.1. The maximum atomic E-state index is 12.7. The Labute approximate surface area is 138 Å². The van der Waals surface area contributed by atoms with Gasteiger partial charge in [0.05, 0.1) is 11.8 Å². The summed E-state index contributed by atoms with van der Waals surface area (Å²) in [5, 5.41) is 4.33. The van der Waals surface area contributed by atoms with E-state index in [2.05, 4.69) is 17.0 Å². The topological polar surface area (TPSA) is 94.1 Å². The Morgan fingerprint density at radius 3 is 2.43 bits per heavy atom. The Morgan fingerprint density at radius 2 is 1.91 bits per heavy atom. The second kappa shape index (κ2) is 6.39. The molecule has 0 bridgehead atoms. The molecule has 2 aliphatic rings. The number of anilines is 1. The van der Waals surface area contributed by atoms with Crippen LogP contribution >= 0.6 is 0 Å². The van der Waals surface area contributed by atoms with Crippen LogP contribution in [0.2, 0.25) is 0 Å². The summed E-state index contributed by atoms with van der Waals surface area (Å²) < 4.78 is 28.7. The summed E-state index contributed by atoms with van der Waals surface area (Å²) >= 11 is 0. The van der Waals surface area contributed by atoms with Gasteiger partial charge in [-0.2, -0.15) is 10.1 Å². The molecule has 0 aromatic carbocycles. The third-order valence-electron chi connectivity index (χ3n) is 5.39. The minimum absolute atomic E-state index is 0.146. The average molecular weight is 341 g/mol. The molecule has 2 fully saturated rings. The monoisotopic (exact) mass is 341 g/mol. The third kappa shape index (κ3) is 3.52. The number of aryl methyl sites for hydroxylation is 1. The minimum Gasteiger partial charge on any atom is -0.368 e. The first kappa shape index (κ1) is 16.7. The van der Waals surface area contributed by atoms with Crippen LogP contribution in [0.1, 0.15) is 50.9 Å². The van der Waals surface area contributed by atoms with Crippen molar-refractivity contribution < 1.29 is 8.42 Å². The summed E-state index contributed by atoms with van der Waals surface area (Å²) in [5.41, 5.74) is 5.87. The van der Waals surface area contributed by atoms with Gasteiger partial charge in [-0.1, -0.05) is 19.8 Å². The third-order valence-corrected chi connectivity index (χ3v) is 7.39. The van der Waals surface area contributed by atoms with Crippen LogP contribution in [0.25, 0.3) is 0 Å². The molecule has 1 aromatic rings. The van der Waals surface area contributed by atoms with Crippen molar-refractivity contribution >= 4 is 16.0 Å². The molecule has 1 aromatic heterocycles. The van der Waals surface area contributed by atoms with Crippen LogP contribution in [0.5, 0.6) is 0 Å². The number of sulfonamides is 1. The van der Waals surface area contributed by atoms with Gasteiger partial charge in [0.25, 0.3) is 0 Å². The van der Waals surface area contributed by atoms with Gasteiger partial charge in [-0.3, -0.25) is 0 Å². The smallest absolute Gasteiger partial charge is 0.218 e. The summed E-state index contributed by atoms with van der Waals surface area (Å²) in [6, 6.07) is 0.146. The lowest BCUT2D eigenvalue weighted by atomic mass is 10.0. The molecular weight excluding hydrogens is 314 g/mol. The maximum Gasteiger partial charge on any atom is 0.218 e. The highest BCUT2D eigenvalue weighted by molar-refractivity contribution is 7.89. The quantitative estimate of drug-likeness (QED) is 0.897. The molecule has 1 aliphatic heterocycles. The van der Waals surface area contributed by atoms with E-state index < -0.39 is 10.0 Å². The van der Waals surface area contributed by atoms with Gasteiger partial charge in [-0.15, -0.1) is 0 Å². The zero-order valence-corrected chi connectivity index (χ0v) is 14.8. The fourth-order valence-electron chi connectivity index (χ4n) is 3.93. The molecule has 0 amide bonds. The number of hydrogen-bond donors (Lipinski definition) is 1. The SMILES string of the molecule is Cc1nc(N)n(C2CCN(S(=O)(=O)C[C@@H]3CCC[C@H]3C)CC2)n1. The number of nitrogens with zero attached hydrogens (tertiary/aromatic N) is 4. The molecule has 0 spiro atoms. The van der Waals surface area contributed by atoms with Crippen LogP contribution in [0, 0.1) is 18.8 Å². The van der Waals surface area contributed by atoms with Crippen molar-refractivity contribution in [1.82, 2.24) is 19.1 Å². The first-order chi connectivity index (χ1) is 10.9. The normalized spacial score (nSPS) is 27.6. The summed E-state index contributed by atoms with van der Waals surface area (Å²) in [4.78, 5) is 4.13. The maximum absolute atomic E-state index is 12.7. The van der Waals surface area contributed by atoms with Crippen LogP contribution in [0.3, 0.4) is 0 Å². The van der Waals surface area contributed by atoms with Crippen molar-refractivity contribution in [2.45, 2.75) is 52.0 Å². The average Bonchev–Trinajstić information content (AvgIpc) is 3.04.